The zero-order valence-electron chi connectivity index (χ0n) is 14.5. The number of hydrogen-bond acceptors (Lipinski definition) is 4. The summed E-state index contributed by atoms with van der Waals surface area (Å²) < 4.78 is 2.01. The fraction of sp³-hybridized carbons (Fsp3) is 0.529. The Balaban J connectivity index is 1.50. The molecule has 8 nitrogen and oxygen atoms in total. The van der Waals surface area contributed by atoms with Crippen molar-refractivity contribution >= 4 is 17.5 Å². The second-order valence-corrected chi connectivity index (χ2v) is 6.09. The molecule has 1 atom stereocenters. The third kappa shape index (κ3) is 4.68. The van der Waals surface area contributed by atoms with Gasteiger partial charge in [0.05, 0.1) is 0 Å². The zero-order valence-corrected chi connectivity index (χ0v) is 14.5. The molecule has 0 aromatic carbocycles. The number of carbonyl (C=O) groups excluding carboxylic acids is 1. The fourth-order valence-electron chi connectivity index (χ4n) is 2.86. The monoisotopic (exact) mass is 343 g/mol. The number of fused-ring (bicyclic) bond motifs is 1. The van der Waals surface area contributed by atoms with E-state index >= 15 is 0 Å². The van der Waals surface area contributed by atoms with Gasteiger partial charge in [-0.25, -0.2) is 0 Å². The molecule has 2 aromatic heterocycles. The topological polar surface area (TPSA) is 95.7 Å². The van der Waals surface area contributed by atoms with Crippen molar-refractivity contribution < 1.29 is 4.79 Å². The van der Waals surface area contributed by atoms with Crippen LogP contribution >= 0.6 is 0 Å². The molecule has 0 radical (unpaired) electrons. The number of rotatable bonds is 6. The van der Waals surface area contributed by atoms with E-state index in [1.807, 2.05) is 35.7 Å². The van der Waals surface area contributed by atoms with Crippen LogP contribution in [0.1, 0.15) is 32.0 Å². The highest BCUT2D eigenvalue weighted by molar-refractivity contribution is 5.81. The first kappa shape index (κ1) is 17.2. The summed E-state index contributed by atoms with van der Waals surface area (Å²) in [4.78, 5) is 15.9. The van der Waals surface area contributed by atoms with Crippen LogP contribution in [0.3, 0.4) is 0 Å². The lowest BCUT2D eigenvalue weighted by Crippen LogP contribution is -2.51. The number of aromatic nitrogens is 3. The summed E-state index contributed by atoms with van der Waals surface area (Å²) in [5, 5.41) is 17.9. The predicted octanol–water partition coefficient (Wildman–Crippen LogP) is 0.496. The van der Waals surface area contributed by atoms with Gasteiger partial charge in [-0.1, -0.05) is 6.07 Å². The smallest absolute Gasteiger partial charge is 0.220 e. The minimum atomic E-state index is 0.125. The molecule has 1 aliphatic heterocycles. The van der Waals surface area contributed by atoms with Crippen LogP contribution in [0.15, 0.2) is 29.4 Å². The molecule has 0 aliphatic carbocycles. The molecule has 1 fully saturated rings. The van der Waals surface area contributed by atoms with Crippen LogP contribution in [-0.4, -0.2) is 52.1 Å². The van der Waals surface area contributed by atoms with Gasteiger partial charge in [-0.15, -0.1) is 10.2 Å². The molecule has 2 aromatic rings. The van der Waals surface area contributed by atoms with Crippen LogP contribution < -0.4 is 16.0 Å². The fourth-order valence-corrected chi connectivity index (χ4v) is 2.86. The molecule has 134 valence electrons. The van der Waals surface area contributed by atoms with Gasteiger partial charge < -0.3 is 16.0 Å². The Morgan fingerprint density at radius 1 is 1.44 bits per heavy atom. The van der Waals surface area contributed by atoms with E-state index in [0.717, 1.165) is 43.2 Å². The van der Waals surface area contributed by atoms with E-state index in [0.29, 0.717) is 19.5 Å². The lowest BCUT2D eigenvalue weighted by atomic mass is 10.1. The number of carbonyl (C=O) groups is 1. The quantitative estimate of drug-likeness (QED) is 0.403. The highest BCUT2D eigenvalue weighted by Gasteiger charge is 2.18. The summed E-state index contributed by atoms with van der Waals surface area (Å²) in [6.07, 6.45) is 5.11. The van der Waals surface area contributed by atoms with Crippen molar-refractivity contribution in [2.75, 3.05) is 19.6 Å². The van der Waals surface area contributed by atoms with Crippen LogP contribution in [0.25, 0.3) is 5.65 Å². The van der Waals surface area contributed by atoms with E-state index in [1.165, 1.54) is 0 Å². The van der Waals surface area contributed by atoms with Gasteiger partial charge in [0.2, 0.25) is 5.91 Å². The predicted molar refractivity (Wildman–Crippen MR) is 96.5 cm³/mol. The minimum absolute atomic E-state index is 0.125. The molecular weight excluding hydrogens is 318 g/mol. The highest BCUT2D eigenvalue weighted by Crippen LogP contribution is 2.05. The summed E-state index contributed by atoms with van der Waals surface area (Å²) in [6.45, 7) is 4.20. The van der Waals surface area contributed by atoms with Crippen LogP contribution in [0.2, 0.25) is 0 Å². The molecule has 0 saturated carbocycles. The van der Waals surface area contributed by atoms with Crippen molar-refractivity contribution in [1.29, 1.82) is 0 Å². The number of nitrogens with one attached hydrogen (secondary N) is 3. The molecule has 1 saturated heterocycles. The van der Waals surface area contributed by atoms with Crippen molar-refractivity contribution in [3.8, 4) is 0 Å². The first-order valence-corrected chi connectivity index (χ1v) is 8.86. The van der Waals surface area contributed by atoms with Gasteiger partial charge >= 0.3 is 0 Å². The second-order valence-electron chi connectivity index (χ2n) is 6.09. The number of nitrogens with zero attached hydrogens (tertiary/aromatic N) is 4. The number of pyridine rings is 1. The van der Waals surface area contributed by atoms with Gasteiger partial charge in [0, 0.05) is 44.7 Å². The summed E-state index contributed by atoms with van der Waals surface area (Å²) in [5.74, 6) is 1.88. The van der Waals surface area contributed by atoms with Crippen LogP contribution in [0, 0.1) is 0 Å². The van der Waals surface area contributed by atoms with Crippen molar-refractivity contribution in [2.45, 2.75) is 38.6 Å². The maximum Gasteiger partial charge on any atom is 0.220 e. The van der Waals surface area contributed by atoms with E-state index in [-0.39, 0.29) is 11.9 Å². The molecule has 1 unspecified atom stereocenters. The Kier molecular flexibility index (Phi) is 5.81. The van der Waals surface area contributed by atoms with Crippen molar-refractivity contribution in [2.24, 2.45) is 4.99 Å². The van der Waals surface area contributed by atoms with E-state index in [4.69, 9.17) is 0 Å². The molecule has 1 amide bonds. The summed E-state index contributed by atoms with van der Waals surface area (Å²) in [7, 11) is 0. The van der Waals surface area contributed by atoms with Crippen molar-refractivity contribution in [1.82, 2.24) is 30.5 Å². The first-order chi connectivity index (χ1) is 12.3. The average Bonchev–Trinajstić information content (AvgIpc) is 3.04. The number of guanidine groups is 1. The van der Waals surface area contributed by atoms with Gasteiger partial charge in [0.25, 0.3) is 0 Å². The van der Waals surface area contributed by atoms with E-state index in [1.54, 1.807) is 0 Å². The largest absolute Gasteiger partial charge is 0.357 e. The number of amides is 1. The van der Waals surface area contributed by atoms with E-state index in [2.05, 4.69) is 31.1 Å². The van der Waals surface area contributed by atoms with Gasteiger partial charge in [-0.05, 0) is 31.9 Å². The van der Waals surface area contributed by atoms with Crippen LogP contribution in [-0.2, 0) is 11.2 Å². The molecule has 3 N–H and O–H groups in total. The minimum Gasteiger partial charge on any atom is -0.357 e. The molecule has 1 aliphatic rings. The Bertz CT molecular complexity index is 729. The lowest BCUT2D eigenvalue weighted by Gasteiger charge is -2.25. The Morgan fingerprint density at radius 2 is 2.36 bits per heavy atom. The van der Waals surface area contributed by atoms with Gasteiger partial charge in [-0.2, -0.15) is 0 Å². The van der Waals surface area contributed by atoms with Gasteiger partial charge in [0.1, 0.15) is 5.82 Å². The van der Waals surface area contributed by atoms with E-state index < -0.39 is 0 Å². The summed E-state index contributed by atoms with van der Waals surface area (Å²) in [6, 6.07) is 6.12. The second kappa shape index (κ2) is 8.46. The third-order valence-corrected chi connectivity index (χ3v) is 4.16. The van der Waals surface area contributed by atoms with Crippen molar-refractivity contribution in [3.63, 3.8) is 0 Å². The van der Waals surface area contributed by atoms with E-state index in [9.17, 15) is 4.79 Å². The first-order valence-electron chi connectivity index (χ1n) is 8.86. The van der Waals surface area contributed by atoms with Crippen LogP contribution in [0.5, 0.6) is 0 Å². The third-order valence-electron chi connectivity index (χ3n) is 4.16. The van der Waals surface area contributed by atoms with Gasteiger partial charge in [-0.3, -0.25) is 14.2 Å². The Labute approximate surface area is 147 Å². The Hall–Kier alpha value is -2.64. The highest BCUT2D eigenvalue weighted by atomic mass is 16.1. The van der Waals surface area contributed by atoms with Crippen molar-refractivity contribution in [3.05, 3.63) is 30.2 Å². The summed E-state index contributed by atoms with van der Waals surface area (Å²) in [5.41, 5.74) is 0.871. The molecule has 3 rings (SSSR count). The average molecular weight is 343 g/mol. The maximum absolute atomic E-state index is 11.2. The SMILES string of the molecule is CCNC(=NCCCc1nnc2ccccn12)NC1CCC(=O)NC1. The molecule has 0 bridgehead atoms. The Morgan fingerprint density at radius 3 is 3.16 bits per heavy atom. The standard InChI is InChI=1S/C17H25N7O/c1-2-18-17(21-13-8-9-16(25)20-12-13)19-10-5-7-15-23-22-14-6-3-4-11-24(14)15/h3-4,6,11,13H,2,5,7-10,12H2,1H3,(H,20,25)(H2,18,19,21). The number of piperidine rings is 1. The molecule has 8 heteroatoms. The maximum atomic E-state index is 11.2. The number of aliphatic imine (C=N–C) groups is 1. The zero-order chi connectivity index (χ0) is 17.5. The molecule has 0 spiro atoms. The molecule has 25 heavy (non-hydrogen) atoms. The molecule has 3 heterocycles. The number of aryl methyl sites for hydroxylation is 1. The molecular formula is C17H25N7O. The normalized spacial score (nSPS) is 18.2. The number of hydrogen-bond donors (Lipinski definition) is 3. The van der Waals surface area contributed by atoms with Crippen LogP contribution in [0.4, 0.5) is 0 Å². The lowest BCUT2D eigenvalue weighted by molar-refractivity contribution is -0.122. The summed E-state index contributed by atoms with van der Waals surface area (Å²) >= 11 is 0. The van der Waals surface area contributed by atoms with Gasteiger partial charge in [0.15, 0.2) is 11.6 Å².